The molecule has 0 aliphatic carbocycles. The smallest absolute Gasteiger partial charge is 0.337 e. The lowest BCUT2D eigenvalue weighted by molar-refractivity contribution is 0.0601. The Labute approximate surface area is 110 Å². The van der Waals surface area contributed by atoms with Gasteiger partial charge in [0.1, 0.15) is 5.82 Å². The normalized spacial score (nSPS) is 10.1. The number of rotatable bonds is 3. The van der Waals surface area contributed by atoms with Crippen LogP contribution in [0.25, 0.3) is 11.1 Å². The van der Waals surface area contributed by atoms with Crippen molar-refractivity contribution in [3.8, 4) is 11.1 Å². The van der Waals surface area contributed by atoms with Crippen molar-refractivity contribution in [2.75, 3.05) is 19.5 Å². The third-order valence-electron chi connectivity index (χ3n) is 2.77. The maximum Gasteiger partial charge on any atom is 0.337 e. The predicted molar refractivity (Wildman–Crippen MR) is 70.5 cm³/mol. The first-order chi connectivity index (χ1) is 9.17. The summed E-state index contributed by atoms with van der Waals surface area (Å²) in [6, 6.07) is 6.49. The second kappa shape index (κ2) is 5.48. The molecule has 1 aromatic heterocycles. The number of ether oxygens (including phenoxy) is 1. The molecule has 19 heavy (non-hydrogen) atoms. The zero-order valence-corrected chi connectivity index (χ0v) is 10.6. The molecular weight excluding hydrogens is 247 g/mol. The van der Waals surface area contributed by atoms with Crippen molar-refractivity contribution >= 4 is 11.7 Å². The molecule has 4 nitrogen and oxygen atoms in total. The minimum Gasteiger partial charge on any atom is -0.465 e. The summed E-state index contributed by atoms with van der Waals surface area (Å²) in [4.78, 5) is 15.2. The first kappa shape index (κ1) is 13.0. The minimum atomic E-state index is -0.432. The number of pyridine rings is 1. The second-order valence-electron chi connectivity index (χ2n) is 3.86. The maximum absolute atomic E-state index is 13.7. The van der Waals surface area contributed by atoms with Crippen LogP contribution >= 0.6 is 0 Å². The van der Waals surface area contributed by atoms with E-state index in [0.29, 0.717) is 22.4 Å². The quantitative estimate of drug-likeness (QED) is 0.862. The fourth-order valence-corrected chi connectivity index (χ4v) is 1.82. The van der Waals surface area contributed by atoms with Crippen LogP contribution < -0.4 is 5.32 Å². The number of anilines is 1. The first-order valence-electron chi connectivity index (χ1n) is 5.67. The standard InChI is InChI=1S/C14H13FN2O2/c1-16-13-7-9(14(18)19-2)3-4-11(13)10-5-6-17-8-12(10)15/h3-8,16H,1-2H3. The fourth-order valence-electron chi connectivity index (χ4n) is 1.82. The van der Waals surface area contributed by atoms with E-state index in [1.807, 2.05) is 0 Å². The van der Waals surface area contributed by atoms with Crippen LogP contribution in [0.2, 0.25) is 0 Å². The van der Waals surface area contributed by atoms with Crippen LogP contribution in [0.3, 0.4) is 0 Å². The van der Waals surface area contributed by atoms with Gasteiger partial charge in [0, 0.05) is 30.1 Å². The van der Waals surface area contributed by atoms with Gasteiger partial charge in [-0.25, -0.2) is 9.18 Å². The minimum absolute atomic E-state index is 0.407. The number of hydrogen-bond acceptors (Lipinski definition) is 4. The van der Waals surface area contributed by atoms with E-state index in [9.17, 15) is 9.18 Å². The lowest BCUT2D eigenvalue weighted by Gasteiger charge is -2.11. The molecule has 1 aromatic carbocycles. The molecule has 0 spiro atoms. The van der Waals surface area contributed by atoms with Gasteiger partial charge < -0.3 is 10.1 Å². The monoisotopic (exact) mass is 260 g/mol. The van der Waals surface area contributed by atoms with E-state index in [-0.39, 0.29) is 0 Å². The number of aromatic nitrogens is 1. The van der Waals surface area contributed by atoms with E-state index in [2.05, 4.69) is 15.0 Å². The summed E-state index contributed by atoms with van der Waals surface area (Å²) in [5.41, 5.74) is 2.14. The number of hydrogen-bond donors (Lipinski definition) is 1. The van der Waals surface area contributed by atoms with Crippen LogP contribution in [0.15, 0.2) is 36.7 Å². The molecule has 0 atom stereocenters. The Kier molecular flexibility index (Phi) is 3.75. The number of carbonyl (C=O) groups is 1. The van der Waals surface area contributed by atoms with Gasteiger partial charge in [0.05, 0.1) is 18.9 Å². The molecular formula is C14H13FN2O2. The topological polar surface area (TPSA) is 51.2 Å². The summed E-state index contributed by atoms with van der Waals surface area (Å²) in [7, 11) is 3.02. The predicted octanol–water partition coefficient (Wildman–Crippen LogP) is 2.72. The van der Waals surface area contributed by atoms with Crippen molar-refractivity contribution in [1.29, 1.82) is 0 Å². The number of halogens is 1. The van der Waals surface area contributed by atoms with Gasteiger partial charge in [-0.05, 0) is 18.2 Å². The molecule has 1 heterocycles. The molecule has 5 heteroatoms. The number of nitrogens with zero attached hydrogens (tertiary/aromatic N) is 1. The summed E-state index contributed by atoms with van der Waals surface area (Å²) in [6.45, 7) is 0. The molecule has 0 saturated heterocycles. The van der Waals surface area contributed by atoms with Crippen molar-refractivity contribution in [2.45, 2.75) is 0 Å². The van der Waals surface area contributed by atoms with Gasteiger partial charge >= 0.3 is 5.97 Å². The fraction of sp³-hybridized carbons (Fsp3) is 0.143. The van der Waals surface area contributed by atoms with Crippen molar-refractivity contribution in [3.63, 3.8) is 0 Å². The average molecular weight is 260 g/mol. The number of methoxy groups -OCH3 is 1. The Hall–Kier alpha value is -2.43. The van der Waals surface area contributed by atoms with E-state index in [4.69, 9.17) is 0 Å². The maximum atomic E-state index is 13.7. The van der Waals surface area contributed by atoms with Crippen LogP contribution in [0.1, 0.15) is 10.4 Å². The Balaban J connectivity index is 2.53. The van der Waals surface area contributed by atoms with E-state index in [1.54, 1.807) is 31.3 Å². The zero-order chi connectivity index (χ0) is 13.8. The number of esters is 1. The van der Waals surface area contributed by atoms with Gasteiger partial charge in [-0.15, -0.1) is 0 Å². The average Bonchev–Trinajstić information content (AvgIpc) is 2.46. The van der Waals surface area contributed by atoms with Gasteiger partial charge in [0.15, 0.2) is 0 Å². The van der Waals surface area contributed by atoms with Gasteiger partial charge in [0.2, 0.25) is 0 Å². The SMILES string of the molecule is CNc1cc(C(=O)OC)ccc1-c1ccncc1F. The molecule has 0 unspecified atom stereocenters. The third-order valence-corrected chi connectivity index (χ3v) is 2.77. The summed E-state index contributed by atoms with van der Waals surface area (Å²) < 4.78 is 18.4. The van der Waals surface area contributed by atoms with E-state index < -0.39 is 11.8 Å². The lowest BCUT2D eigenvalue weighted by Crippen LogP contribution is -2.03. The molecule has 1 N–H and O–H groups in total. The highest BCUT2D eigenvalue weighted by molar-refractivity contribution is 5.93. The second-order valence-corrected chi connectivity index (χ2v) is 3.86. The van der Waals surface area contributed by atoms with Gasteiger partial charge in [-0.3, -0.25) is 4.98 Å². The third kappa shape index (κ3) is 2.54. The lowest BCUT2D eigenvalue weighted by atomic mass is 10.0. The largest absolute Gasteiger partial charge is 0.465 e. The Bertz CT molecular complexity index is 614. The van der Waals surface area contributed by atoms with Crippen LogP contribution in [0, 0.1) is 5.82 Å². The highest BCUT2D eigenvalue weighted by Crippen LogP contribution is 2.30. The van der Waals surface area contributed by atoms with Crippen LogP contribution in [0.5, 0.6) is 0 Å². The molecule has 0 bridgehead atoms. The van der Waals surface area contributed by atoms with Crippen molar-refractivity contribution in [3.05, 3.63) is 48.0 Å². The summed E-state index contributed by atoms with van der Waals surface area (Å²) in [6.07, 6.45) is 2.68. The Morgan fingerprint density at radius 2 is 2.11 bits per heavy atom. The number of nitrogens with one attached hydrogen (secondary N) is 1. The van der Waals surface area contributed by atoms with E-state index in [0.717, 1.165) is 6.20 Å². The van der Waals surface area contributed by atoms with Crippen LogP contribution in [-0.2, 0) is 4.74 Å². The molecule has 0 aliphatic heterocycles. The van der Waals surface area contributed by atoms with E-state index >= 15 is 0 Å². The Morgan fingerprint density at radius 1 is 1.32 bits per heavy atom. The summed E-state index contributed by atoms with van der Waals surface area (Å²) in [5, 5.41) is 2.95. The van der Waals surface area contributed by atoms with Gasteiger partial charge in [-0.2, -0.15) is 0 Å². The summed E-state index contributed by atoms with van der Waals surface area (Å²) in [5.74, 6) is -0.844. The molecule has 2 aromatic rings. The van der Waals surface area contributed by atoms with Crippen molar-refractivity contribution in [1.82, 2.24) is 4.98 Å². The van der Waals surface area contributed by atoms with Gasteiger partial charge in [0.25, 0.3) is 0 Å². The van der Waals surface area contributed by atoms with Gasteiger partial charge in [-0.1, -0.05) is 6.07 Å². The molecule has 0 fully saturated rings. The molecule has 98 valence electrons. The highest BCUT2D eigenvalue weighted by Gasteiger charge is 2.12. The molecule has 0 saturated carbocycles. The zero-order valence-electron chi connectivity index (χ0n) is 10.6. The number of carbonyl (C=O) groups excluding carboxylic acids is 1. The first-order valence-corrected chi connectivity index (χ1v) is 5.67. The molecule has 2 rings (SSSR count). The van der Waals surface area contributed by atoms with E-state index in [1.165, 1.54) is 13.3 Å². The van der Waals surface area contributed by atoms with Crippen molar-refractivity contribution < 1.29 is 13.9 Å². The molecule has 0 radical (unpaired) electrons. The van der Waals surface area contributed by atoms with Crippen molar-refractivity contribution in [2.24, 2.45) is 0 Å². The van der Waals surface area contributed by atoms with Crippen LogP contribution in [-0.4, -0.2) is 25.1 Å². The van der Waals surface area contributed by atoms with Crippen LogP contribution in [0.4, 0.5) is 10.1 Å². The molecule has 0 aliphatic rings. The summed E-state index contributed by atoms with van der Waals surface area (Å²) >= 11 is 0. The number of benzene rings is 1. The Morgan fingerprint density at radius 3 is 2.74 bits per heavy atom. The molecule has 0 amide bonds. The highest BCUT2D eigenvalue weighted by atomic mass is 19.1.